The summed E-state index contributed by atoms with van der Waals surface area (Å²) in [5.74, 6) is 0.159. The van der Waals surface area contributed by atoms with Crippen molar-refractivity contribution in [1.29, 1.82) is 0 Å². The van der Waals surface area contributed by atoms with Crippen LogP contribution in [0.5, 0.6) is 11.5 Å². The molecule has 4 rings (SSSR count). The number of benzene rings is 2. The number of nitro groups is 1. The summed E-state index contributed by atoms with van der Waals surface area (Å²) in [5.41, 5.74) is 0.997. The van der Waals surface area contributed by atoms with Gasteiger partial charge in [-0.25, -0.2) is 8.78 Å². The number of aryl methyl sites for hydroxylation is 1. The maximum Gasteiger partial charge on any atom is 0.280 e. The van der Waals surface area contributed by atoms with Crippen molar-refractivity contribution in [3.8, 4) is 11.5 Å². The molecule has 0 spiro atoms. The molecule has 1 heterocycles. The van der Waals surface area contributed by atoms with E-state index in [0.717, 1.165) is 23.1 Å². The quantitative estimate of drug-likeness (QED) is 0.375. The Balaban J connectivity index is 1.53. The van der Waals surface area contributed by atoms with E-state index in [-0.39, 0.29) is 28.7 Å². The molecule has 32 heavy (non-hydrogen) atoms. The van der Waals surface area contributed by atoms with Gasteiger partial charge in [0, 0.05) is 18.1 Å². The van der Waals surface area contributed by atoms with Crippen molar-refractivity contribution in [3.63, 3.8) is 0 Å². The van der Waals surface area contributed by atoms with E-state index in [9.17, 15) is 23.7 Å². The number of hydrogen-bond donors (Lipinski definition) is 1. The number of halogens is 2. The van der Waals surface area contributed by atoms with Crippen molar-refractivity contribution in [2.45, 2.75) is 38.7 Å². The monoisotopic (exact) mass is 442 g/mol. The third kappa shape index (κ3) is 5.08. The van der Waals surface area contributed by atoms with Crippen molar-refractivity contribution in [1.82, 2.24) is 9.78 Å². The molecule has 0 saturated heterocycles. The van der Waals surface area contributed by atoms with Crippen LogP contribution >= 0.6 is 0 Å². The lowest BCUT2D eigenvalue weighted by molar-refractivity contribution is -0.384. The molecule has 1 aliphatic rings. The number of aromatic nitrogens is 2. The first-order chi connectivity index (χ1) is 15.3. The Morgan fingerprint density at radius 1 is 1.25 bits per heavy atom. The number of non-ortho nitro benzene ring substituents is 1. The third-order valence-electron chi connectivity index (χ3n) is 4.95. The minimum absolute atomic E-state index is 0.111. The van der Waals surface area contributed by atoms with E-state index in [1.54, 1.807) is 18.2 Å². The number of anilines is 1. The lowest BCUT2D eigenvalue weighted by Crippen LogP contribution is -2.21. The number of rotatable bonds is 8. The minimum Gasteiger partial charge on any atom is -0.457 e. The molecule has 1 saturated carbocycles. The molecule has 10 heteroatoms. The first kappa shape index (κ1) is 21.4. The maximum atomic E-state index is 13.3. The Labute approximate surface area is 182 Å². The van der Waals surface area contributed by atoms with Crippen LogP contribution in [0.25, 0.3) is 0 Å². The predicted octanol–water partition coefficient (Wildman–Crippen LogP) is 5.35. The van der Waals surface area contributed by atoms with Gasteiger partial charge < -0.3 is 10.1 Å². The molecular formula is C22H20F2N4O4. The van der Waals surface area contributed by atoms with Crippen molar-refractivity contribution in [2.24, 2.45) is 0 Å². The van der Waals surface area contributed by atoms with Gasteiger partial charge in [0.05, 0.1) is 22.4 Å². The number of carbonyl (C=O) groups is 1. The lowest BCUT2D eigenvalue weighted by atomic mass is 10.2. The van der Waals surface area contributed by atoms with Crippen LogP contribution in [0.2, 0.25) is 0 Å². The standard InChI is InChI=1S/C22H20F2N4O4/c1-13-3-2-4-17(7-13)32-18-9-15(8-16(10-18)28(30)31)25-21(29)12-27-20(22(23)24)11-19(26-27)14-5-6-14/h2-4,7-11,14,22H,5-6,12H2,1H3,(H,25,29). The first-order valence-electron chi connectivity index (χ1n) is 9.98. The summed E-state index contributed by atoms with van der Waals surface area (Å²) < 4.78 is 33.4. The normalized spacial score (nSPS) is 13.2. The van der Waals surface area contributed by atoms with Crippen molar-refractivity contribution in [3.05, 3.63) is 75.6 Å². The molecule has 166 valence electrons. The van der Waals surface area contributed by atoms with Gasteiger partial charge in [0.2, 0.25) is 5.91 Å². The molecule has 0 unspecified atom stereocenters. The number of nitro benzene ring substituents is 1. The van der Waals surface area contributed by atoms with Gasteiger partial charge in [0.15, 0.2) is 0 Å². The number of nitrogens with one attached hydrogen (secondary N) is 1. The summed E-state index contributed by atoms with van der Waals surface area (Å²) in [6.07, 6.45) is -0.984. The third-order valence-corrected chi connectivity index (χ3v) is 4.95. The van der Waals surface area contributed by atoms with E-state index < -0.39 is 23.8 Å². The Morgan fingerprint density at radius 2 is 2.03 bits per heavy atom. The largest absolute Gasteiger partial charge is 0.457 e. The highest BCUT2D eigenvalue weighted by Crippen LogP contribution is 2.40. The van der Waals surface area contributed by atoms with Crippen LogP contribution < -0.4 is 10.1 Å². The number of hydrogen-bond acceptors (Lipinski definition) is 5. The zero-order valence-corrected chi connectivity index (χ0v) is 17.1. The second-order valence-electron chi connectivity index (χ2n) is 7.67. The van der Waals surface area contributed by atoms with E-state index in [1.165, 1.54) is 24.3 Å². The van der Waals surface area contributed by atoms with Gasteiger partial charge in [0.1, 0.15) is 23.7 Å². The fourth-order valence-electron chi connectivity index (χ4n) is 3.30. The van der Waals surface area contributed by atoms with E-state index in [1.807, 2.05) is 13.0 Å². The topological polar surface area (TPSA) is 99.3 Å². The maximum absolute atomic E-state index is 13.3. The molecule has 1 amide bonds. The van der Waals surface area contributed by atoms with Gasteiger partial charge in [-0.15, -0.1) is 0 Å². The molecule has 0 aliphatic heterocycles. The van der Waals surface area contributed by atoms with Crippen molar-refractivity contribution >= 4 is 17.3 Å². The number of carbonyl (C=O) groups excluding carboxylic acids is 1. The van der Waals surface area contributed by atoms with Crippen LogP contribution in [-0.4, -0.2) is 20.6 Å². The number of alkyl halides is 2. The fraction of sp³-hybridized carbons (Fsp3) is 0.273. The summed E-state index contributed by atoms with van der Waals surface area (Å²) in [5, 5.41) is 18.0. The Kier molecular flexibility index (Phi) is 5.85. The molecule has 1 N–H and O–H groups in total. The SMILES string of the molecule is Cc1cccc(Oc2cc(NC(=O)Cn3nc(C4CC4)cc3C(F)F)cc([N+](=O)[O-])c2)c1. The molecule has 1 aromatic heterocycles. The molecular weight excluding hydrogens is 422 g/mol. The van der Waals surface area contributed by atoms with Crippen LogP contribution in [0, 0.1) is 17.0 Å². The zero-order chi connectivity index (χ0) is 22.8. The van der Waals surface area contributed by atoms with E-state index in [0.29, 0.717) is 11.4 Å². The summed E-state index contributed by atoms with van der Waals surface area (Å²) in [6.45, 7) is 1.44. The molecule has 8 nitrogen and oxygen atoms in total. The molecule has 0 bridgehead atoms. The minimum atomic E-state index is -2.77. The highest BCUT2D eigenvalue weighted by atomic mass is 19.3. The molecule has 3 aromatic rings. The van der Waals surface area contributed by atoms with Gasteiger partial charge in [-0.3, -0.25) is 19.6 Å². The average Bonchev–Trinajstić information content (AvgIpc) is 3.48. The number of nitrogens with zero attached hydrogens (tertiary/aromatic N) is 3. The first-order valence-corrected chi connectivity index (χ1v) is 9.98. The van der Waals surface area contributed by atoms with E-state index >= 15 is 0 Å². The molecule has 2 aromatic carbocycles. The summed E-state index contributed by atoms with van der Waals surface area (Å²) in [7, 11) is 0. The van der Waals surface area contributed by atoms with E-state index in [2.05, 4.69) is 10.4 Å². The highest BCUT2D eigenvalue weighted by Gasteiger charge is 2.29. The molecule has 1 fully saturated rings. The second-order valence-corrected chi connectivity index (χ2v) is 7.67. The lowest BCUT2D eigenvalue weighted by Gasteiger charge is -2.11. The van der Waals surface area contributed by atoms with Crippen LogP contribution in [0.3, 0.4) is 0 Å². The number of ether oxygens (including phenoxy) is 1. The Hall–Kier alpha value is -3.82. The van der Waals surface area contributed by atoms with Gasteiger partial charge >= 0.3 is 0 Å². The van der Waals surface area contributed by atoms with Gasteiger partial charge in [0.25, 0.3) is 12.1 Å². The number of amides is 1. The summed E-state index contributed by atoms with van der Waals surface area (Å²) >= 11 is 0. The highest BCUT2D eigenvalue weighted by molar-refractivity contribution is 5.91. The van der Waals surface area contributed by atoms with Crippen molar-refractivity contribution in [2.75, 3.05) is 5.32 Å². The molecule has 0 atom stereocenters. The zero-order valence-electron chi connectivity index (χ0n) is 17.1. The van der Waals surface area contributed by atoms with Crippen LogP contribution in [0.1, 0.15) is 42.1 Å². The average molecular weight is 442 g/mol. The molecule has 1 aliphatic carbocycles. The smallest absolute Gasteiger partial charge is 0.280 e. The van der Waals surface area contributed by atoms with Crippen LogP contribution in [-0.2, 0) is 11.3 Å². The summed E-state index contributed by atoms with van der Waals surface area (Å²) in [4.78, 5) is 23.2. The van der Waals surface area contributed by atoms with Gasteiger partial charge in [-0.2, -0.15) is 5.10 Å². The predicted molar refractivity (Wildman–Crippen MR) is 112 cm³/mol. The van der Waals surface area contributed by atoms with Gasteiger partial charge in [-0.1, -0.05) is 12.1 Å². The van der Waals surface area contributed by atoms with Crippen LogP contribution in [0.15, 0.2) is 48.5 Å². The molecule has 0 radical (unpaired) electrons. The van der Waals surface area contributed by atoms with Crippen molar-refractivity contribution < 1.29 is 23.2 Å². The van der Waals surface area contributed by atoms with Gasteiger partial charge in [-0.05, 0) is 43.5 Å². The second kappa shape index (κ2) is 8.74. The summed E-state index contributed by atoms with van der Waals surface area (Å²) in [6, 6.07) is 12.3. The Morgan fingerprint density at radius 3 is 2.69 bits per heavy atom. The Bertz CT molecular complexity index is 1170. The van der Waals surface area contributed by atoms with Crippen LogP contribution in [0.4, 0.5) is 20.2 Å². The fourth-order valence-corrected chi connectivity index (χ4v) is 3.30. The van der Waals surface area contributed by atoms with E-state index in [4.69, 9.17) is 4.74 Å².